The third kappa shape index (κ3) is 3.72. The van der Waals surface area contributed by atoms with Crippen LogP contribution in [0.15, 0.2) is 57.1 Å². The summed E-state index contributed by atoms with van der Waals surface area (Å²) in [6.07, 6.45) is 2.61. The molecule has 24 heavy (non-hydrogen) atoms. The highest BCUT2D eigenvalue weighted by Gasteiger charge is 2.20. The molecule has 0 unspecified atom stereocenters. The number of methoxy groups -OCH3 is 1. The van der Waals surface area contributed by atoms with Crippen molar-refractivity contribution in [1.29, 1.82) is 0 Å². The number of carbonyl (C=O) groups is 2. The number of aromatic amines is 1. The second kappa shape index (κ2) is 7.14. The molecule has 3 rings (SSSR count). The molecule has 8 heteroatoms. The fourth-order valence-electron chi connectivity index (χ4n) is 1.97. The van der Waals surface area contributed by atoms with Crippen LogP contribution in [0, 0.1) is 0 Å². The van der Waals surface area contributed by atoms with Gasteiger partial charge in [0.15, 0.2) is 5.82 Å². The van der Waals surface area contributed by atoms with E-state index in [4.69, 9.17) is 9.15 Å². The maximum absolute atomic E-state index is 11.9. The van der Waals surface area contributed by atoms with Gasteiger partial charge in [0.05, 0.1) is 18.4 Å². The van der Waals surface area contributed by atoms with Gasteiger partial charge in [-0.15, -0.1) is 0 Å². The number of furan rings is 1. The number of hydrogen-bond acceptors (Lipinski definition) is 7. The van der Waals surface area contributed by atoms with Crippen molar-refractivity contribution < 1.29 is 18.7 Å². The van der Waals surface area contributed by atoms with Crippen molar-refractivity contribution in [2.24, 2.45) is 0 Å². The fourth-order valence-corrected chi connectivity index (χ4v) is 2.80. The Labute approximate surface area is 141 Å². The summed E-state index contributed by atoms with van der Waals surface area (Å²) in [4.78, 5) is 29.3. The average molecular weight is 343 g/mol. The molecule has 0 fully saturated rings. The Kier molecular flexibility index (Phi) is 4.76. The van der Waals surface area contributed by atoms with Crippen molar-refractivity contribution >= 4 is 23.3 Å². The van der Waals surface area contributed by atoms with E-state index in [0.29, 0.717) is 5.76 Å². The molecular weight excluding hydrogens is 330 g/mol. The van der Waals surface area contributed by atoms with E-state index < -0.39 is 11.6 Å². The van der Waals surface area contributed by atoms with Gasteiger partial charge in [-0.2, -0.15) is 5.10 Å². The van der Waals surface area contributed by atoms with Crippen LogP contribution in [0.4, 0.5) is 0 Å². The van der Waals surface area contributed by atoms with Gasteiger partial charge in [0.25, 0.3) is 5.78 Å². The van der Waals surface area contributed by atoms with Gasteiger partial charge < -0.3 is 9.15 Å². The van der Waals surface area contributed by atoms with Crippen LogP contribution < -0.4 is 4.74 Å². The zero-order valence-electron chi connectivity index (χ0n) is 12.7. The Morgan fingerprint density at radius 1 is 1.25 bits per heavy atom. The third-order valence-electron chi connectivity index (χ3n) is 3.14. The summed E-state index contributed by atoms with van der Waals surface area (Å²) in [7, 11) is 1.61. The lowest BCUT2D eigenvalue weighted by Crippen LogP contribution is -2.17. The monoisotopic (exact) mass is 343 g/mol. The number of ether oxygens (including phenoxy) is 1. The first-order valence-corrected chi connectivity index (χ1v) is 7.79. The lowest BCUT2D eigenvalue weighted by Gasteiger charge is -2.01. The van der Waals surface area contributed by atoms with Gasteiger partial charge in [-0.25, -0.2) is 4.98 Å². The van der Waals surface area contributed by atoms with Gasteiger partial charge in [-0.1, -0.05) is 11.8 Å². The molecule has 0 atom stereocenters. The van der Waals surface area contributed by atoms with Crippen molar-refractivity contribution in [3.8, 4) is 5.75 Å². The first-order valence-electron chi connectivity index (χ1n) is 6.98. The number of H-pyrrole nitrogens is 1. The number of rotatable bonds is 7. The number of Topliss-reactive ketones (excluding diaryl/α,β-unsaturated/α-hetero) is 2. The van der Waals surface area contributed by atoms with Crippen LogP contribution in [0.25, 0.3) is 0 Å². The van der Waals surface area contributed by atoms with Crippen molar-refractivity contribution in [3.05, 3.63) is 54.5 Å². The molecule has 1 aromatic carbocycles. The summed E-state index contributed by atoms with van der Waals surface area (Å²) in [6, 6.07) is 9.32. The molecule has 0 aliphatic rings. The summed E-state index contributed by atoms with van der Waals surface area (Å²) >= 11 is 1.49. The number of nitrogens with one attached hydrogen (secondary N) is 1. The second-order valence-electron chi connectivity index (χ2n) is 4.79. The highest BCUT2D eigenvalue weighted by Crippen LogP contribution is 2.30. The normalized spacial score (nSPS) is 10.5. The van der Waals surface area contributed by atoms with Gasteiger partial charge in [-0.05, 0) is 30.3 Å². The highest BCUT2D eigenvalue weighted by atomic mass is 32.2. The van der Waals surface area contributed by atoms with Crippen LogP contribution in [-0.4, -0.2) is 33.9 Å². The summed E-state index contributed by atoms with van der Waals surface area (Å²) in [5.41, 5.74) is 0. The topological polar surface area (TPSA) is 98.1 Å². The summed E-state index contributed by atoms with van der Waals surface area (Å²) in [5.74, 6) is -0.192. The maximum Gasteiger partial charge on any atom is 0.265 e. The Morgan fingerprint density at radius 2 is 2.04 bits per heavy atom. The van der Waals surface area contributed by atoms with Crippen LogP contribution in [0.2, 0.25) is 0 Å². The van der Waals surface area contributed by atoms with E-state index in [9.17, 15) is 9.59 Å². The van der Waals surface area contributed by atoms with Gasteiger partial charge in [0.1, 0.15) is 24.1 Å². The smallest absolute Gasteiger partial charge is 0.265 e. The summed E-state index contributed by atoms with van der Waals surface area (Å²) < 4.78 is 10.5. The first kappa shape index (κ1) is 16.0. The van der Waals surface area contributed by atoms with Gasteiger partial charge >= 0.3 is 0 Å². The number of hydrogen-bond donors (Lipinski definition) is 1. The summed E-state index contributed by atoms with van der Waals surface area (Å²) in [6.45, 7) is 0. The van der Waals surface area contributed by atoms with Gasteiger partial charge in [-0.3, -0.25) is 14.7 Å². The number of aromatic nitrogens is 3. The molecule has 2 heterocycles. The SMILES string of the molecule is COc1ccc(Sc2coc(CC(=O)C(=O)c3ncn[nH]3)c2)cc1. The quantitative estimate of drug-likeness (QED) is 0.520. The van der Waals surface area contributed by atoms with E-state index in [2.05, 4.69) is 15.2 Å². The third-order valence-corrected chi connectivity index (χ3v) is 4.10. The predicted molar refractivity (Wildman–Crippen MR) is 85.2 cm³/mol. The first-order chi connectivity index (χ1) is 11.7. The average Bonchev–Trinajstić information content (AvgIpc) is 3.27. The molecule has 0 aliphatic heterocycles. The van der Waals surface area contributed by atoms with E-state index in [1.165, 1.54) is 18.1 Å². The largest absolute Gasteiger partial charge is 0.497 e. The Balaban J connectivity index is 1.62. The van der Waals surface area contributed by atoms with Crippen LogP contribution in [0.5, 0.6) is 5.75 Å². The fraction of sp³-hybridized carbons (Fsp3) is 0.125. The molecule has 0 radical (unpaired) electrons. The number of carbonyl (C=O) groups excluding carboxylic acids is 2. The van der Waals surface area contributed by atoms with E-state index in [1.807, 2.05) is 24.3 Å². The molecular formula is C16H13N3O4S. The van der Waals surface area contributed by atoms with E-state index in [0.717, 1.165) is 15.5 Å². The predicted octanol–water partition coefficient (Wildman–Crippen LogP) is 2.55. The lowest BCUT2D eigenvalue weighted by atomic mass is 10.1. The maximum atomic E-state index is 11.9. The van der Waals surface area contributed by atoms with Gasteiger partial charge in [0, 0.05) is 4.90 Å². The number of ketones is 2. The van der Waals surface area contributed by atoms with Gasteiger partial charge in [0.2, 0.25) is 5.78 Å². The Bertz CT molecular complexity index is 841. The molecule has 3 aromatic rings. The van der Waals surface area contributed by atoms with Crippen molar-refractivity contribution in [2.75, 3.05) is 7.11 Å². The summed E-state index contributed by atoms with van der Waals surface area (Å²) in [5, 5.41) is 5.93. The minimum atomic E-state index is -0.715. The molecule has 0 saturated carbocycles. The second-order valence-corrected chi connectivity index (χ2v) is 5.94. The van der Waals surface area contributed by atoms with Crippen LogP contribution in [0.1, 0.15) is 16.4 Å². The molecule has 0 aliphatic carbocycles. The van der Waals surface area contributed by atoms with E-state index in [-0.39, 0.29) is 12.2 Å². The van der Waals surface area contributed by atoms with Crippen molar-refractivity contribution in [3.63, 3.8) is 0 Å². The zero-order valence-corrected chi connectivity index (χ0v) is 13.5. The lowest BCUT2D eigenvalue weighted by molar-refractivity contribution is -0.114. The van der Waals surface area contributed by atoms with Crippen LogP contribution in [-0.2, 0) is 11.2 Å². The Morgan fingerprint density at radius 3 is 2.71 bits per heavy atom. The minimum Gasteiger partial charge on any atom is -0.497 e. The van der Waals surface area contributed by atoms with E-state index in [1.54, 1.807) is 19.4 Å². The molecule has 1 N–H and O–H groups in total. The van der Waals surface area contributed by atoms with Crippen LogP contribution in [0.3, 0.4) is 0 Å². The minimum absolute atomic E-state index is 0.0700. The van der Waals surface area contributed by atoms with E-state index >= 15 is 0 Å². The zero-order chi connectivity index (χ0) is 16.9. The molecule has 7 nitrogen and oxygen atoms in total. The molecule has 0 bridgehead atoms. The van der Waals surface area contributed by atoms with Crippen LogP contribution >= 0.6 is 11.8 Å². The van der Waals surface area contributed by atoms with Crippen molar-refractivity contribution in [1.82, 2.24) is 15.2 Å². The highest BCUT2D eigenvalue weighted by molar-refractivity contribution is 7.99. The Hall–Kier alpha value is -2.87. The molecule has 2 aromatic heterocycles. The van der Waals surface area contributed by atoms with Crippen molar-refractivity contribution in [2.45, 2.75) is 16.2 Å². The molecule has 0 amide bonds. The molecule has 122 valence electrons. The number of benzene rings is 1. The molecule has 0 spiro atoms. The molecule has 0 saturated heterocycles. The standard InChI is InChI=1S/C16H13N3O4S/c1-22-10-2-4-12(5-3-10)24-13-6-11(23-8-13)7-14(20)15(21)16-17-9-18-19-16/h2-6,8-9H,7H2,1H3,(H,17,18,19). The number of nitrogens with zero attached hydrogens (tertiary/aromatic N) is 2.